The minimum Gasteiger partial charge on any atom is -0.0961 e. The van der Waals surface area contributed by atoms with Gasteiger partial charge in [-0.05, 0) is 137 Å². The highest BCUT2D eigenvalue weighted by Gasteiger charge is 2.62. The van der Waals surface area contributed by atoms with Gasteiger partial charge in [-0.25, -0.2) is 0 Å². The Morgan fingerprint density at radius 2 is 1.64 bits per heavy atom. The Labute approximate surface area is 228 Å². The molecule has 0 nitrogen and oxygen atoms in total. The van der Waals surface area contributed by atoms with E-state index in [4.69, 9.17) is 0 Å². The van der Waals surface area contributed by atoms with Crippen molar-refractivity contribution in [3.05, 3.63) is 36.0 Å². The molecule has 0 aromatic rings. The largest absolute Gasteiger partial charge is 0.0961 e. The molecule has 4 unspecified atom stereocenters. The highest BCUT2D eigenvalue weighted by Crippen LogP contribution is 2.71. The first kappa shape index (κ1) is 29.8. The smallest absolute Gasteiger partial charge is 0 e. The van der Waals surface area contributed by atoms with Crippen LogP contribution in [0.15, 0.2) is 36.0 Å². The predicted molar refractivity (Wildman–Crippen MR) is 163 cm³/mol. The highest BCUT2D eigenvalue weighted by atomic mass is 14.7. The van der Waals surface area contributed by atoms with E-state index >= 15 is 0 Å². The van der Waals surface area contributed by atoms with Gasteiger partial charge in [-0.2, -0.15) is 0 Å². The summed E-state index contributed by atoms with van der Waals surface area (Å²) >= 11 is 0. The third-order valence-corrected chi connectivity index (χ3v) is 11.8. The number of unbranched alkanes of at least 4 members (excludes halogenated alkanes) is 2. The first-order valence-electron chi connectivity index (χ1n) is 16.0. The van der Waals surface area contributed by atoms with E-state index in [1.807, 2.05) is 6.92 Å². The summed E-state index contributed by atoms with van der Waals surface area (Å²) in [7, 11) is 0. The average Bonchev–Trinajstić information content (AvgIpc) is 3.26. The quantitative estimate of drug-likeness (QED) is 0.187. The second-order valence-electron chi connectivity index (χ2n) is 14.4. The molecule has 0 amide bonds. The molecule has 0 heteroatoms. The van der Waals surface area contributed by atoms with E-state index in [0.29, 0.717) is 16.2 Å². The molecule has 208 valence electrons. The van der Waals surface area contributed by atoms with Gasteiger partial charge in [-0.3, -0.25) is 0 Å². The lowest BCUT2D eigenvalue weighted by Crippen LogP contribution is -2.58. The Morgan fingerprint density at radius 1 is 0.917 bits per heavy atom. The molecule has 4 aliphatic carbocycles. The zero-order valence-corrected chi connectivity index (χ0v) is 25.7. The molecule has 7 atom stereocenters. The summed E-state index contributed by atoms with van der Waals surface area (Å²) in [6.07, 6.45) is 26.9. The third kappa shape index (κ3) is 5.94. The van der Waals surface area contributed by atoms with Crippen molar-refractivity contribution in [3.63, 3.8) is 0 Å². The van der Waals surface area contributed by atoms with E-state index < -0.39 is 0 Å². The molecular weight excluding hydrogens is 432 g/mol. The fourth-order valence-corrected chi connectivity index (χ4v) is 10.3. The Hall–Kier alpha value is -0.780. The maximum absolute atomic E-state index is 3.77. The fourth-order valence-electron chi connectivity index (χ4n) is 10.3. The van der Waals surface area contributed by atoms with Crippen LogP contribution in [-0.2, 0) is 0 Å². The van der Waals surface area contributed by atoms with Crippen molar-refractivity contribution in [1.29, 1.82) is 0 Å². The van der Waals surface area contributed by atoms with E-state index in [-0.39, 0.29) is 1.43 Å². The molecule has 4 saturated carbocycles. The molecule has 4 aliphatic rings. The maximum Gasteiger partial charge on any atom is 0 e. The monoisotopic (exact) mass is 497 g/mol. The summed E-state index contributed by atoms with van der Waals surface area (Å²) < 4.78 is 0. The summed E-state index contributed by atoms with van der Waals surface area (Å²) in [4.78, 5) is 0. The number of allylic oxidation sites excluding steroid dienone is 5. The summed E-state index contributed by atoms with van der Waals surface area (Å²) in [6, 6.07) is 0. The molecule has 0 saturated heterocycles. The van der Waals surface area contributed by atoms with E-state index in [0.717, 1.165) is 35.2 Å². The first-order chi connectivity index (χ1) is 17.1. The van der Waals surface area contributed by atoms with Gasteiger partial charge in [0.25, 0.3) is 0 Å². The number of hydrogen-bond donors (Lipinski definition) is 0. The molecule has 0 aliphatic heterocycles. The van der Waals surface area contributed by atoms with Crippen molar-refractivity contribution in [2.75, 3.05) is 0 Å². The van der Waals surface area contributed by atoms with Crippen molar-refractivity contribution in [1.82, 2.24) is 0 Å². The van der Waals surface area contributed by atoms with Crippen LogP contribution in [0.4, 0.5) is 0 Å². The van der Waals surface area contributed by atoms with Crippen LogP contribution in [0.5, 0.6) is 0 Å². The van der Waals surface area contributed by atoms with Crippen LogP contribution >= 0.6 is 0 Å². The van der Waals surface area contributed by atoms with E-state index in [2.05, 4.69) is 73.3 Å². The maximum atomic E-state index is 3.77. The van der Waals surface area contributed by atoms with Gasteiger partial charge in [0.1, 0.15) is 0 Å². The van der Waals surface area contributed by atoms with Crippen molar-refractivity contribution in [3.8, 4) is 0 Å². The topological polar surface area (TPSA) is 0 Å². The Kier molecular flexibility index (Phi) is 10.2. The minimum absolute atomic E-state index is 0. The van der Waals surface area contributed by atoms with Gasteiger partial charge in [-0.15, -0.1) is 0 Å². The molecule has 36 heavy (non-hydrogen) atoms. The molecule has 0 heterocycles. The predicted octanol–water partition coefficient (Wildman–Crippen LogP) is 12.0. The van der Waals surface area contributed by atoms with E-state index in [9.17, 15) is 0 Å². The molecule has 0 bridgehead atoms. The SMILES string of the molecule is C/C=C(\CC)C1CC[C@@H]2C1CCC1[C@H]2CCC2(C)CC(C)(C)CC[C@]12CC.C=C(C)C=CCCCC.[HH]. The first-order valence-corrected chi connectivity index (χ1v) is 16.0. The highest BCUT2D eigenvalue weighted by molar-refractivity contribution is 5.16. The Balaban J connectivity index is 0.000000416. The third-order valence-electron chi connectivity index (χ3n) is 11.8. The minimum atomic E-state index is 0. The Bertz CT molecular complexity index is 786. The van der Waals surface area contributed by atoms with Crippen molar-refractivity contribution >= 4 is 0 Å². The lowest BCUT2D eigenvalue weighted by atomic mass is 9.38. The van der Waals surface area contributed by atoms with Crippen LogP contribution in [0.25, 0.3) is 0 Å². The lowest BCUT2D eigenvalue weighted by molar-refractivity contribution is -0.171. The van der Waals surface area contributed by atoms with Gasteiger partial charge in [0.2, 0.25) is 0 Å². The molecule has 0 spiro atoms. The molecule has 0 aromatic carbocycles. The van der Waals surface area contributed by atoms with Crippen molar-refractivity contribution < 1.29 is 1.43 Å². The summed E-state index contributed by atoms with van der Waals surface area (Å²) in [5.74, 6) is 5.10. The van der Waals surface area contributed by atoms with Crippen LogP contribution < -0.4 is 0 Å². The molecule has 4 fully saturated rings. The molecular formula is C36H64. The van der Waals surface area contributed by atoms with Gasteiger partial charge in [-0.1, -0.05) is 90.3 Å². The van der Waals surface area contributed by atoms with Crippen LogP contribution in [-0.4, -0.2) is 0 Å². The average molecular weight is 497 g/mol. The summed E-state index contributed by atoms with van der Waals surface area (Å²) in [5.41, 5.74) is 4.76. The van der Waals surface area contributed by atoms with Crippen LogP contribution in [0.2, 0.25) is 0 Å². The van der Waals surface area contributed by atoms with Crippen LogP contribution in [0.1, 0.15) is 147 Å². The molecule has 0 radical (unpaired) electrons. The number of hydrogen-bond acceptors (Lipinski definition) is 0. The van der Waals surface area contributed by atoms with Gasteiger partial charge in [0.15, 0.2) is 0 Å². The molecule has 0 N–H and O–H groups in total. The summed E-state index contributed by atoms with van der Waals surface area (Å²) in [5, 5.41) is 0. The number of rotatable bonds is 7. The molecule has 0 aromatic heterocycles. The second-order valence-corrected chi connectivity index (χ2v) is 14.4. The van der Waals surface area contributed by atoms with Crippen molar-refractivity contribution in [2.45, 2.75) is 145 Å². The fraction of sp³-hybridized carbons (Fsp3) is 0.833. The number of fused-ring (bicyclic) bond motifs is 5. The van der Waals surface area contributed by atoms with Gasteiger partial charge in [0, 0.05) is 1.43 Å². The van der Waals surface area contributed by atoms with Gasteiger partial charge in [0.05, 0.1) is 0 Å². The van der Waals surface area contributed by atoms with Crippen molar-refractivity contribution in [2.24, 2.45) is 45.8 Å². The standard InChI is InChI=1S/C27H46.C9H16.H2/c1-7-19(8-2)20-10-11-22-21(20)12-13-24-23(22)14-15-26(6)18-25(4,5)16-17-27(24,26)9-3;1-4-5-6-7-8-9(2)3;/h7,20-24H,8-18H2,1-6H3;7-8H,2,4-6H2,1,3H3;1H/b19-7+;;/t20?,21?,22-,23+,24?,26?,27-;;/m1../s1. The van der Waals surface area contributed by atoms with Crippen LogP contribution in [0.3, 0.4) is 0 Å². The summed E-state index contributed by atoms with van der Waals surface area (Å²) in [6.45, 7) is 23.0. The normalized spacial score (nSPS) is 39.6. The Morgan fingerprint density at radius 3 is 2.25 bits per heavy atom. The lowest BCUT2D eigenvalue weighted by Gasteiger charge is -2.66. The zero-order valence-electron chi connectivity index (χ0n) is 25.7. The van der Waals surface area contributed by atoms with E-state index in [1.165, 1.54) is 77.0 Å². The zero-order chi connectivity index (χ0) is 26.6. The van der Waals surface area contributed by atoms with Crippen LogP contribution in [0, 0.1) is 45.8 Å². The van der Waals surface area contributed by atoms with Gasteiger partial charge < -0.3 is 0 Å². The van der Waals surface area contributed by atoms with Gasteiger partial charge >= 0.3 is 0 Å². The van der Waals surface area contributed by atoms with E-state index in [1.54, 1.807) is 18.4 Å². The second kappa shape index (κ2) is 12.4. The molecule has 4 rings (SSSR count).